The lowest BCUT2D eigenvalue weighted by Crippen LogP contribution is -2.44. The average Bonchev–Trinajstić information content (AvgIpc) is 3.28. The molecule has 0 saturated carbocycles. The maximum Gasteiger partial charge on any atom is 0.265 e. The Morgan fingerprint density at radius 2 is 2.04 bits per heavy atom. The highest BCUT2D eigenvalue weighted by Crippen LogP contribution is 2.29. The van der Waals surface area contributed by atoms with Gasteiger partial charge in [-0.05, 0) is 49.2 Å². The van der Waals surface area contributed by atoms with Gasteiger partial charge < -0.3 is 15.0 Å². The molecule has 1 N–H and O–H groups in total. The van der Waals surface area contributed by atoms with Crippen LogP contribution in [0.3, 0.4) is 0 Å². The van der Waals surface area contributed by atoms with Crippen LogP contribution in [0.4, 0.5) is 5.69 Å². The van der Waals surface area contributed by atoms with Crippen molar-refractivity contribution in [3.63, 3.8) is 0 Å². The van der Waals surface area contributed by atoms with Gasteiger partial charge in [-0.25, -0.2) is 0 Å². The van der Waals surface area contributed by atoms with E-state index in [1.807, 2.05) is 13.0 Å². The summed E-state index contributed by atoms with van der Waals surface area (Å²) in [5.41, 5.74) is 1.84. The van der Waals surface area contributed by atoms with Gasteiger partial charge in [0.1, 0.15) is 11.8 Å². The second kappa shape index (κ2) is 8.14. The van der Waals surface area contributed by atoms with Crippen molar-refractivity contribution in [3.05, 3.63) is 45.6 Å². The van der Waals surface area contributed by atoms with E-state index in [-0.39, 0.29) is 11.8 Å². The molecule has 1 aromatic heterocycles. The predicted octanol–water partition coefficient (Wildman–Crippen LogP) is 3.78. The van der Waals surface area contributed by atoms with Crippen molar-refractivity contribution in [3.8, 4) is 5.75 Å². The second-order valence-corrected chi connectivity index (χ2v) is 8.22. The third-order valence-corrected chi connectivity index (χ3v) is 6.74. The molecule has 1 fully saturated rings. The number of ether oxygens (including phenoxy) is 1. The van der Waals surface area contributed by atoms with Crippen molar-refractivity contribution in [1.29, 1.82) is 0 Å². The highest BCUT2D eigenvalue weighted by atomic mass is 32.2. The zero-order chi connectivity index (χ0) is 18.7. The molecule has 0 radical (unpaired) electrons. The van der Waals surface area contributed by atoms with Crippen LogP contribution in [-0.4, -0.2) is 41.5 Å². The highest BCUT2D eigenvalue weighted by Gasteiger charge is 2.35. The number of hydrogen-bond acceptors (Lipinski definition) is 5. The summed E-state index contributed by atoms with van der Waals surface area (Å²) in [4.78, 5) is 29.2. The molecule has 2 amide bonds. The summed E-state index contributed by atoms with van der Waals surface area (Å²) in [6.07, 6.45) is 0.917. The molecule has 138 valence electrons. The molecule has 2 heterocycles. The molecule has 1 atom stereocenters. The van der Waals surface area contributed by atoms with Crippen LogP contribution in [0.2, 0.25) is 0 Å². The number of amides is 2. The molecule has 1 aliphatic rings. The standard InChI is InChI=1S/C19H22N2O3S2/c1-4-16-12(2)9-17(26-16)19(23)21-11-25-10-15(21)18(22)20-13-5-7-14(24-3)8-6-13/h5-9,15H,4,10-11H2,1-3H3,(H,20,22). The minimum Gasteiger partial charge on any atom is -0.497 e. The van der Waals surface area contributed by atoms with Crippen molar-refractivity contribution in [2.75, 3.05) is 24.1 Å². The van der Waals surface area contributed by atoms with Crippen LogP contribution in [0.1, 0.15) is 27.0 Å². The molecule has 1 aromatic carbocycles. The number of rotatable bonds is 5. The zero-order valence-corrected chi connectivity index (χ0v) is 16.7. The molecule has 2 aromatic rings. The molecule has 0 aliphatic carbocycles. The van der Waals surface area contributed by atoms with E-state index in [0.717, 1.165) is 17.7 Å². The minimum atomic E-state index is -0.456. The summed E-state index contributed by atoms with van der Waals surface area (Å²) in [6, 6.07) is 8.66. The largest absolute Gasteiger partial charge is 0.497 e. The van der Waals surface area contributed by atoms with Crippen LogP contribution in [0.15, 0.2) is 30.3 Å². The molecule has 3 rings (SSSR count). The van der Waals surface area contributed by atoms with Crippen LogP contribution in [-0.2, 0) is 11.2 Å². The number of anilines is 1. The number of benzene rings is 1. The van der Waals surface area contributed by atoms with Gasteiger partial charge in [0.05, 0.1) is 17.9 Å². The molecule has 0 spiro atoms. The molecule has 26 heavy (non-hydrogen) atoms. The van der Waals surface area contributed by atoms with Crippen LogP contribution >= 0.6 is 23.1 Å². The van der Waals surface area contributed by atoms with E-state index < -0.39 is 6.04 Å². The maximum atomic E-state index is 12.9. The van der Waals surface area contributed by atoms with E-state index in [1.54, 1.807) is 48.0 Å². The molecular formula is C19H22N2O3S2. The third kappa shape index (κ3) is 3.88. The van der Waals surface area contributed by atoms with E-state index in [2.05, 4.69) is 12.2 Å². The van der Waals surface area contributed by atoms with E-state index in [1.165, 1.54) is 16.2 Å². The van der Waals surface area contributed by atoms with E-state index in [9.17, 15) is 9.59 Å². The van der Waals surface area contributed by atoms with Gasteiger partial charge in [0.15, 0.2) is 0 Å². The lowest BCUT2D eigenvalue weighted by molar-refractivity contribution is -0.119. The number of carbonyl (C=O) groups excluding carboxylic acids is 2. The molecule has 5 nitrogen and oxygen atoms in total. The summed E-state index contributed by atoms with van der Waals surface area (Å²) < 4.78 is 5.12. The minimum absolute atomic E-state index is 0.0577. The number of nitrogens with zero attached hydrogens (tertiary/aromatic N) is 1. The number of thiophene rings is 1. The van der Waals surface area contributed by atoms with E-state index in [0.29, 0.717) is 22.2 Å². The fourth-order valence-corrected chi connectivity index (χ4v) is 5.10. The van der Waals surface area contributed by atoms with Gasteiger partial charge in [0, 0.05) is 16.3 Å². The van der Waals surface area contributed by atoms with Gasteiger partial charge in [0.25, 0.3) is 5.91 Å². The van der Waals surface area contributed by atoms with Gasteiger partial charge in [0.2, 0.25) is 5.91 Å². The van der Waals surface area contributed by atoms with Crippen LogP contribution < -0.4 is 10.1 Å². The van der Waals surface area contributed by atoms with Crippen LogP contribution in [0.25, 0.3) is 0 Å². The van der Waals surface area contributed by atoms with Gasteiger partial charge in [-0.2, -0.15) is 0 Å². The monoisotopic (exact) mass is 390 g/mol. The maximum absolute atomic E-state index is 12.9. The Morgan fingerprint density at radius 1 is 1.31 bits per heavy atom. The summed E-state index contributed by atoms with van der Waals surface area (Å²) >= 11 is 3.13. The lowest BCUT2D eigenvalue weighted by Gasteiger charge is -2.22. The Balaban J connectivity index is 1.71. The third-order valence-electron chi connectivity index (χ3n) is 4.36. The van der Waals surface area contributed by atoms with Crippen LogP contribution in [0.5, 0.6) is 5.75 Å². The Kier molecular flexibility index (Phi) is 5.88. The first-order valence-corrected chi connectivity index (χ1v) is 10.4. The summed E-state index contributed by atoms with van der Waals surface area (Å²) in [6.45, 7) is 4.11. The smallest absolute Gasteiger partial charge is 0.265 e. The van der Waals surface area contributed by atoms with E-state index >= 15 is 0 Å². The summed E-state index contributed by atoms with van der Waals surface area (Å²) in [5, 5.41) is 2.90. The highest BCUT2D eigenvalue weighted by molar-refractivity contribution is 7.99. The number of methoxy groups -OCH3 is 1. The van der Waals surface area contributed by atoms with Gasteiger partial charge >= 0.3 is 0 Å². The Labute approximate surface area is 161 Å². The number of aryl methyl sites for hydroxylation is 2. The van der Waals surface area contributed by atoms with Crippen molar-refractivity contribution < 1.29 is 14.3 Å². The number of carbonyl (C=O) groups is 2. The first kappa shape index (κ1) is 18.8. The topological polar surface area (TPSA) is 58.6 Å². The normalized spacial score (nSPS) is 16.6. The van der Waals surface area contributed by atoms with Crippen molar-refractivity contribution in [2.24, 2.45) is 0 Å². The Bertz CT molecular complexity index is 802. The second-order valence-electron chi connectivity index (χ2n) is 6.08. The molecule has 1 saturated heterocycles. The first-order chi connectivity index (χ1) is 12.5. The molecule has 0 bridgehead atoms. The fourth-order valence-electron chi connectivity index (χ4n) is 2.88. The SMILES string of the molecule is CCc1sc(C(=O)N2CSCC2C(=O)Nc2ccc(OC)cc2)cc1C. The Morgan fingerprint density at radius 3 is 2.65 bits per heavy atom. The van der Waals surface area contributed by atoms with Crippen LogP contribution in [0, 0.1) is 6.92 Å². The summed E-state index contributed by atoms with van der Waals surface area (Å²) in [7, 11) is 1.60. The molecule has 1 unspecified atom stereocenters. The molecular weight excluding hydrogens is 368 g/mol. The number of hydrogen-bond donors (Lipinski definition) is 1. The van der Waals surface area contributed by atoms with Gasteiger partial charge in [-0.1, -0.05) is 6.92 Å². The molecule has 7 heteroatoms. The van der Waals surface area contributed by atoms with Crippen molar-refractivity contribution in [1.82, 2.24) is 4.90 Å². The van der Waals surface area contributed by atoms with Gasteiger partial charge in [-0.15, -0.1) is 23.1 Å². The predicted molar refractivity (Wildman–Crippen MR) is 107 cm³/mol. The summed E-state index contributed by atoms with van der Waals surface area (Å²) in [5.74, 6) is 1.67. The van der Waals surface area contributed by atoms with Crippen molar-refractivity contribution >= 4 is 40.6 Å². The first-order valence-electron chi connectivity index (χ1n) is 8.46. The quantitative estimate of drug-likeness (QED) is 0.844. The number of nitrogens with one attached hydrogen (secondary N) is 1. The average molecular weight is 391 g/mol. The zero-order valence-electron chi connectivity index (χ0n) is 15.1. The van der Waals surface area contributed by atoms with Gasteiger partial charge in [-0.3, -0.25) is 9.59 Å². The van der Waals surface area contributed by atoms with E-state index in [4.69, 9.17) is 4.74 Å². The molecule has 1 aliphatic heterocycles. The Hall–Kier alpha value is -1.99. The van der Waals surface area contributed by atoms with Crippen molar-refractivity contribution in [2.45, 2.75) is 26.3 Å². The fraction of sp³-hybridized carbons (Fsp3) is 0.368. The number of thioether (sulfide) groups is 1. The lowest BCUT2D eigenvalue weighted by atomic mass is 10.2.